The van der Waals surface area contributed by atoms with Gasteiger partial charge >= 0.3 is 5.97 Å². The number of halogens is 1. The van der Waals surface area contributed by atoms with E-state index in [2.05, 4.69) is 31.2 Å². The molecule has 2 heterocycles. The van der Waals surface area contributed by atoms with Gasteiger partial charge in [-0.25, -0.2) is 4.79 Å². The first kappa shape index (κ1) is 24.6. The molecule has 0 atom stereocenters. The third kappa shape index (κ3) is 4.99. The zero-order chi connectivity index (χ0) is 25.3. The molecular formula is C26H24ClN3O4S. The van der Waals surface area contributed by atoms with Gasteiger partial charge in [-0.05, 0) is 48.2 Å². The van der Waals surface area contributed by atoms with Crippen LogP contribution in [0.15, 0.2) is 58.7 Å². The third-order valence-electron chi connectivity index (χ3n) is 5.41. The predicted octanol–water partition coefficient (Wildman–Crippen LogP) is 5.83. The minimum atomic E-state index is -0.665. The van der Waals surface area contributed by atoms with E-state index in [-0.39, 0.29) is 29.0 Å². The van der Waals surface area contributed by atoms with Crippen molar-refractivity contribution in [1.29, 1.82) is 0 Å². The molecule has 0 saturated carbocycles. The van der Waals surface area contributed by atoms with E-state index in [0.717, 1.165) is 21.6 Å². The number of anilines is 1. The molecule has 2 aromatic heterocycles. The third-order valence-corrected chi connectivity index (χ3v) is 6.54. The number of thiophene rings is 1. The first-order valence-corrected chi connectivity index (χ1v) is 12.3. The van der Waals surface area contributed by atoms with Crippen LogP contribution in [-0.2, 0) is 10.2 Å². The second kappa shape index (κ2) is 9.64. The lowest BCUT2D eigenvalue weighted by molar-refractivity contribution is 0.0520. The number of carbonyl (C=O) groups is 2. The van der Waals surface area contributed by atoms with Gasteiger partial charge in [-0.15, -0.1) is 11.3 Å². The maximum Gasteiger partial charge on any atom is 0.359 e. The summed E-state index contributed by atoms with van der Waals surface area (Å²) in [5, 5.41) is 9.94. The van der Waals surface area contributed by atoms with E-state index in [0.29, 0.717) is 26.7 Å². The highest BCUT2D eigenvalue weighted by molar-refractivity contribution is 7.16. The second-order valence-electron chi connectivity index (χ2n) is 8.90. The normalized spacial score (nSPS) is 11.5. The molecule has 4 aromatic rings. The van der Waals surface area contributed by atoms with Crippen molar-refractivity contribution in [2.75, 3.05) is 11.9 Å². The lowest BCUT2D eigenvalue weighted by Crippen LogP contribution is -2.25. The molecule has 0 bridgehead atoms. The number of aromatic nitrogens is 2. The molecule has 0 radical (unpaired) electrons. The molecule has 0 spiro atoms. The Morgan fingerprint density at radius 1 is 1.14 bits per heavy atom. The Kier molecular flexibility index (Phi) is 6.78. The van der Waals surface area contributed by atoms with Crippen molar-refractivity contribution in [3.8, 4) is 5.69 Å². The van der Waals surface area contributed by atoms with Crippen molar-refractivity contribution in [2.24, 2.45) is 0 Å². The van der Waals surface area contributed by atoms with Crippen molar-refractivity contribution in [1.82, 2.24) is 9.78 Å². The van der Waals surface area contributed by atoms with Crippen LogP contribution in [0.5, 0.6) is 0 Å². The smallest absolute Gasteiger partial charge is 0.359 e. The number of amides is 1. The fourth-order valence-corrected chi connectivity index (χ4v) is 4.69. The monoisotopic (exact) mass is 509 g/mol. The number of fused-ring (bicyclic) bond motifs is 1. The van der Waals surface area contributed by atoms with E-state index in [4.69, 9.17) is 16.3 Å². The van der Waals surface area contributed by atoms with E-state index in [1.807, 2.05) is 12.1 Å². The highest BCUT2D eigenvalue weighted by atomic mass is 35.5. The molecule has 4 rings (SSSR count). The maximum atomic E-state index is 13.5. The standard InChI is InChI=1S/C26H24ClN3O4S/c1-5-34-25(33)21-19-14-35-23(28-22(31)15-9-11-16(12-10-15)26(2,3)4)20(19)24(32)30(29-21)18-8-6-7-17(27)13-18/h6-14H,5H2,1-4H3,(H,28,31). The number of rotatable bonds is 5. The summed E-state index contributed by atoms with van der Waals surface area (Å²) in [7, 11) is 0. The number of esters is 1. The predicted molar refractivity (Wildman–Crippen MR) is 139 cm³/mol. The minimum absolute atomic E-state index is 0.0206. The molecular weight excluding hydrogens is 486 g/mol. The molecule has 0 saturated heterocycles. The summed E-state index contributed by atoms with van der Waals surface area (Å²) in [6, 6.07) is 13.9. The van der Waals surface area contributed by atoms with Gasteiger partial charge in [-0.3, -0.25) is 9.59 Å². The lowest BCUT2D eigenvalue weighted by Gasteiger charge is -2.19. The van der Waals surface area contributed by atoms with Crippen LogP contribution in [0.25, 0.3) is 16.5 Å². The summed E-state index contributed by atoms with van der Waals surface area (Å²) in [6.45, 7) is 8.13. The van der Waals surface area contributed by atoms with Crippen molar-refractivity contribution >= 4 is 50.6 Å². The summed E-state index contributed by atoms with van der Waals surface area (Å²) in [4.78, 5) is 39.2. The Balaban J connectivity index is 1.81. The maximum absolute atomic E-state index is 13.5. The summed E-state index contributed by atoms with van der Waals surface area (Å²) < 4.78 is 6.26. The summed E-state index contributed by atoms with van der Waals surface area (Å²) in [6.07, 6.45) is 0. The van der Waals surface area contributed by atoms with E-state index in [9.17, 15) is 14.4 Å². The van der Waals surface area contributed by atoms with Gasteiger partial charge in [0, 0.05) is 21.4 Å². The molecule has 0 fully saturated rings. The Bertz CT molecular complexity index is 1480. The number of nitrogens with zero attached hydrogens (tertiary/aromatic N) is 2. The molecule has 0 unspecified atom stereocenters. The fourth-order valence-electron chi connectivity index (χ4n) is 3.57. The lowest BCUT2D eigenvalue weighted by atomic mass is 9.87. The summed E-state index contributed by atoms with van der Waals surface area (Å²) in [5.41, 5.74) is 1.39. The van der Waals surface area contributed by atoms with Crippen molar-refractivity contribution in [3.63, 3.8) is 0 Å². The highest BCUT2D eigenvalue weighted by Crippen LogP contribution is 2.31. The number of nitrogens with one attached hydrogen (secondary N) is 1. The van der Waals surface area contributed by atoms with Crippen LogP contribution in [0, 0.1) is 0 Å². The molecule has 0 aliphatic rings. The first-order chi connectivity index (χ1) is 16.6. The number of hydrogen-bond donors (Lipinski definition) is 1. The van der Waals surface area contributed by atoms with Crippen LogP contribution in [0.4, 0.5) is 5.00 Å². The molecule has 0 aliphatic carbocycles. The molecule has 0 aliphatic heterocycles. The summed E-state index contributed by atoms with van der Waals surface area (Å²) >= 11 is 7.26. The van der Waals surface area contributed by atoms with Crippen LogP contribution < -0.4 is 10.9 Å². The van der Waals surface area contributed by atoms with Gasteiger partial charge in [-0.2, -0.15) is 9.78 Å². The molecule has 7 nitrogen and oxygen atoms in total. The molecule has 180 valence electrons. The molecule has 1 N–H and O–H groups in total. The van der Waals surface area contributed by atoms with Gasteiger partial charge < -0.3 is 10.1 Å². The SMILES string of the molecule is CCOC(=O)c1nn(-c2cccc(Cl)c2)c(=O)c2c(NC(=O)c3ccc(C(C)(C)C)cc3)scc12. The summed E-state index contributed by atoms with van der Waals surface area (Å²) in [5.74, 6) is -1.03. The quantitative estimate of drug-likeness (QED) is 0.342. The van der Waals surface area contributed by atoms with Gasteiger partial charge in [0.2, 0.25) is 0 Å². The fraction of sp³-hybridized carbons (Fsp3) is 0.231. The minimum Gasteiger partial charge on any atom is -0.461 e. The van der Waals surface area contributed by atoms with Gasteiger partial charge in [-0.1, -0.05) is 50.6 Å². The van der Waals surface area contributed by atoms with Gasteiger partial charge in [0.05, 0.1) is 17.7 Å². The van der Waals surface area contributed by atoms with Gasteiger partial charge in [0.1, 0.15) is 5.00 Å². The van der Waals surface area contributed by atoms with Crippen molar-refractivity contribution < 1.29 is 14.3 Å². The van der Waals surface area contributed by atoms with Crippen molar-refractivity contribution in [2.45, 2.75) is 33.1 Å². The molecule has 2 aromatic carbocycles. The highest BCUT2D eigenvalue weighted by Gasteiger charge is 2.23. The van der Waals surface area contributed by atoms with Crippen LogP contribution in [0.1, 0.15) is 54.1 Å². The van der Waals surface area contributed by atoms with E-state index in [1.54, 1.807) is 48.7 Å². The largest absolute Gasteiger partial charge is 0.461 e. The number of ether oxygens (including phenoxy) is 1. The first-order valence-electron chi connectivity index (χ1n) is 11.0. The van der Waals surface area contributed by atoms with E-state index in [1.165, 1.54) is 0 Å². The zero-order valence-electron chi connectivity index (χ0n) is 19.7. The van der Waals surface area contributed by atoms with Crippen LogP contribution in [-0.4, -0.2) is 28.3 Å². The number of hydrogen-bond acceptors (Lipinski definition) is 6. The molecule has 9 heteroatoms. The topological polar surface area (TPSA) is 90.3 Å². The Morgan fingerprint density at radius 3 is 2.49 bits per heavy atom. The van der Waals surface area contributed by atoms with Crippen LogP contribution >= 0.6 is 22.9 Å². The Morgan fingerprint density at radius 2 is 1.86 bits per heavy atom. The van der Waals surface area contributed by atoms with Crippen LogP contribution in [0.3, 0.4) is 0 Å². The Hall–Kier alpha value is -3.49. The second-order valence-corrected chi connectivity index (χ2v) is 10.2. The number of benzene rings is 2. The van der Waals surface area contributed by atoms with Crippen molar-refractivity contribution in [3.05, 3.63) is 86.1 Å². The van der Waals surface area contributed by atoms with Gasteiger partial charge in [0.25, 0.3) is 11.5 Å². The van der Waals surface area contributed by atoms with Crippen LogP contribution in [0.2, 0.25) is 5.02 Å². The van der Waals surface area contributed by atoms with E-state index >= 15 is 0 Å². The average molecular weight is 510 g/mol. The number of carbonyl (C=O) groups excluding carboxylic acids is 2. The Labute approximate surface area is 211 Å². The zero-order valence-corrected chi connectivity index (χ0v) is 21.3. The van der Waals surface area contributed by atoms with E-state index < -0.39 is 11.5 Å². The average Bonchev–Trinajstić information content (AvgIpc) is 3.23. The van der Waals surface area contributed by atoms with Gasteiger partial charge in [0.15, 0.2) is 5.69 Å². The molecule has 1 amide bonds. The molecule has 35 heavy (non-hydrogen) atoms.